The van der Waals surface area contributed by atoms with Gasteiger partial charge in [0, 0.05) is 25.6 Å². The molecule has 1 heterocycles. The summed E-state index contributed by atoms with van der Waals surface area (Å²) in [5.41, 5.74) is 1.43. The van der Waals surface area contributed by atoms with Gasteiger partial charge in [0.15, 0.2) is 5.75 Å². The Morgan fingerprint density at radius 1 is 1.03 bits per heavy atom. The Morgan fingerprint density at radius 3 is 2.48 bits per heavy atom. The van der Waals surface area contributed by atoms with Crippen LogP contribution in [0.5, 0.6) is 11.5 Å². The smallest absolute Gasteiger partial charge is 0.259 e. The molecule has 0 radical (unpaired) electrons. The maximum Gasteiger partial charge on any atom is 0.259 e. The van der Waals surface area contributed by atoms with E-state index in [-0.39, 0.29) is 5.56 Å². The number of rotatable bonds is 8. The molecule has 29 heavy (non-hydrogen) atoms. The molecule has 0 saturated carbocycles. The van der Waals surface area contributed by atoms with Crippen molar-refractivity contribution in [1.29, 1.82) is 0 Å². The highest BCUT2D eigenvalue weighted by molar-refractivity contribution is 6.33. The first-order valence-corrected chi connectivity index (χ1v) is 9.53. The number of nitrogens with one attached hydrogen (secondary N) is 1. The van der Waals surface area contributed by atoms with E-state index in [1.165, 1.54) is 7.11 Å². The minimum atomic E-state index is -0.401. The summed E-state index contributed by atoms with van der Waals surface area (Å²) in [6.45, 7) is 0.687. The minimum absolute atomic E-state index is 0.288. The molecule has 8 heteroatoms. The van der Waals surface area contributed by atoms with Crippen LogP contribution >= 0.6 is 23.2 Å². The highest BCUT2D eigenvalue weighted by atomic mass is 35.5. The van der Waals surface area contributed by atoms with Gasteiger partial charge in [-0.25, -0.2) is 0 Å². The lowest BCUT2D eigenvalue weighted by molar-refractivity contribution is 0.102. The van der Waals surface area contributed by atoms with Gasteiger partial charge in [0.1, 0.15) is 12.4 Å². The van der Waals surface area contributed by atoms with Gasteiger partial charge in [0.05, 0.1) is 40.7 Å². The van der Waals surface area contributed by atoms with E-state index in [0.717, 1.165) is 0 Å². The predicted molar refractivity (Wildman–Crippen MR) is 114 cm³/mol. The molecule has 0 aliphatic rings. The summed E-state index contributed by atoms with van der Waals surface area (Å²) >= 11 is 12.7. The molecule has 0 unspecified atom stereocenters. The molecule has 2 aromatic carbocycles. The molecule has 0 fully saturated rings. The average molecular weight is 435 g/mol. The summed E-state index contributed by atoms with van der Waals surface area (Å²) in [5, 5.41) is 3.61. The SMILES string of the molecule is COCCOc1c(Cl)cccc1NC(=O)c1cc(Cl)c(-n2cccc2)cc1OC. The molecule has 0 bridgehead atoms. The number of carbonyl (C=O) groups excluding carboxylic acids is 1. The molecule has 3 aromatic rings. The van der Waals surface area contributed by atoms with Gasteiger partial charge in [0.2, 0.25) is 0 Å². The lowest BCUT2D eigenvalue weighted by atomic mass is 10.1. The molecule has 152 valence electrons. The number of benzene rings is 2. The first-order valence-electron chi connectivity index (χ1n) is 8.77. The molecule has 0 spiro atoms. The van der Waals surface area contributed by atoms with Crippen molar-refractivity contribution in [3.63, 3.8) is 0 Å². The monoisotopic (exact) mass is 434 g/mol. The Balaban J connectivity index is 1.90. The lowest BCUT2D eigenvalue weighted by Crippen LogP contribution is -2.15. The second-order valence-electron chi connectivity index (χ2n) is 6.01. The van der Waals surface area contributed by atoms with E-state index >= 15 is 0 Å². The molecule has 0 aliphatic heterocycles. The average Bonchev–Trinajstić information content (AvgIpc) is 3.24. The third kappa shape index (κ3) is 4.85. The van der Waals surface area contributed by atoms with Crippen molar-refractivity contribution in [2.45, 2.75) is 0 Å². The van der Waals surface area contributed by atoms with E-state index in [0.29, 0.717) is 46.1 Å². The molecular formula is C21H20Cl2N2O4. The standard InChI is InChI=1S/C21H20Cl2N2O4/c1-27-10-11-29-20-15(22)6-5-7-17(20)24-21(26)14-12-16(23)18(13-19(14)28-2)25-8-3-4-9-25/h3-9,12-13H,10-11H2,1-2H3,(H,24,26). The topological polar surface area (TPSA) is 61.7 Å². The van der Waals surface area contributed by atoms with Gasteiger partial charge in [-0.05, 0) is 30.3 Å². The van der Waals surface area contributed by atoms with Crippen molar-refractivity contribution in [2.24, 2.45) is 0 Å². The zero-order valence-corrected chi connectivity index (χ0v) is 17.5. The summed E-state index contributed by atoms with van der Waals surface area (Å²) in [6, 6.07) is 12.2. The van der Waals surface area contributed by atoms with Crippen LogP contribution in [-0.2, 0) is 4.74 Å². The fourth-order valence-electron chi connectivity index (χ4n) is 2.75. The molecule has 0 atom stereocenters. The lowest BCUT2D eigenvalue weighted by Gasteiger charge is -2.16. The van der Waals surface area contributed by atoms with E-state index in [2.05, 4.69) is 5.32 Å². The number of hydrogen-bond acceptors (Lipinski definition) is 4. The number of hydrogen-bond donors (Lipinski definition) is 1. The van der Waals surface area contributed by atoms with Gasteiger partial charge in [-0.1, -0.05) is 29.3 Å². The molecule has 0 saturated heterocycles. The highest BCUT2D eigenvalue weighted by Crippen LogP contribution is 2.35. The summed E-state index contributed by atoms with van der Waals surface area (Å²) in [4.78, 5) is 13.0. The third-order valence-corrected chi connectivity index (χ3v) is 4.75. The first kappa shape index (κ1) is 21.0. The summed E-state index contributed by atoms with van der Waals surface area (Å²) < 4.78 is 17.9. The van der Waals surface area contributed by atoms with E-state index in [1.54, 1.807) is 37.4 Å². The second kappa shape index (κ2) is 9.69. The van der Waals surface area contributed by atoms with Crippen molar-refractivity contribution in [2.75, 3.05) is 32.8 Å². The zero-order valence-electron chi connectivity index (χ0n) is 15.9. The van der Waals surface area contributed by atoms with Crippen molar-refractivity contribution >= 4 is 34.8 Å². The second-order valence-corrected chi connectivity index (χ2v) is 6.82. The third-order valence-electron chi connectivity index (χ3n) is 4.15. The van der Waals surface area contributed by atoms with Crippen molar-refractivity contribution < 1.29 is 19.0 Å². The number of carbonyl (C=O) groups is 1. The number of ether oxygens (including phenoxy) is 3. The van der Waals surface area contributed by atoms with Crippen LogP contribution in [0.3, 0.4) is 0 Å². The van der Waals surface area contributed by atoms with E-state index in [4.69, 9.17) is 37.4 Å². The number of para-hydroxylation sites is 1. The molecule has 0 aliphatic carbocycles. The minimum Gasteiger partial charge on any atom is -0.496 e. The van der Waals surface area contributed by atoms with Gasteiger partial charge in [-0.2, -0.15) is 0 Å². The van der Waals surface area contributed by atoms with Gasteiger partial charge >= 0.3 is 0 Å². The van der Waals surface area contributed by atoms with Crippen LogP contribution < -0.4 is 14.8 Å². The van der Waals surface area contributed by atoms with Crippen LogP contribution in [0.25, 0.3) is 5.69 Å². The molecule has 1 amide bonds. The largest absolute Gasteiger partial charge is 0.496 e. The fraction of sp³-hybridized carbons (Fsp3) is 0.190. The Bertz CT molecular complexity index is 991. The first-order chi connectivity index (χ1) is 14.0. The quantitative estimate of drug-likeness (QED) is 0.502. The number of halogens is 2. The fourth-order valence-corrected chi connectivity index (χ4v) is 3.24. The molecule has 3 rings (SSSR count). The zero-order chi connectivity index (χ0) is 20.8. The molecule has 6 nitrogen and oxygen atoms in total. The molecule has 1 aromatic heterocycles. The number of nitrogens with zero attached hydrogens (tertiary/aromatic N) is 1. The van der Waals surface area contributed by atoms with Crippen molar-refractivity contribution in [1.82, 2.24) is 4.57 Å². The number of methoxy groups -OCH3 is 2. The van der Waals surface area contributed by atoms with Crippen LogP contribution in [0.15, 0.2) is 54.9 Å². The predicted octanol–water partition coefficient (Wildman–Crippen LogP) is 5.07. The number of aromatic nitrogens is 1. The summed E-state index contributed by atoms with van der Waals surface area (Å²) in [5.74, 6) is 0.356. The van der Waals surface area contributed by atoms with E-state index in [9.17, 15) is 4.79 Å². The normalized spacial score (nSPS) is 10.6. The van der Waals surface area contributed by atoms with Crippen LogP contribution in [-0.4, -0.2) is 37.9 Å². The molecule has 1 N–H and O–H groups in total. The van der Waals surface area contributed by atoms with Crippen LogP contribution in [0.4, 0.5) is 5.69 Å². The summed E-state index contributed by atoms with van der Waals surface area (Å²) in [7, 11) is 3.07. The van der Waals surface area contributed by atoms with Gasteiger partial charge in [-0.15, -0.1) is 0 Å². The molecular weight excluding hydrogens is 415 g/mol. The van der Waals surface area contributed by atoms with Crippen molar-refractivity contribution in [3.05, 3.63) is 70.5 Å². The highest BCUT2D eigenvalue weighted by Gasteiger charge is 2.19. The Kier molecular flexibility index (Phi) is 7.04. The Morgan fingerprint density at radius 2 is 1.79 bits per heavy atom. The Labute approximate surface area is 178 Å². The number of anilines is 1. The van der Waals surface area contributed by atoms with Gasteiger partial charge < -0.3 is 24.1 Å². The van der Waals surface area contributed by atoms with Gasteiger partial charge in [-0.3, -0.25) is 4.79 Å². The maximum absolute atomic E-state index is 13.0. The van der Waals surface area contributed by atoms with Gasteiger partial charge in [0.25, 0.3) is 5.91 Å². The Hall–Kier alpha value is -2.67. The van der Waals surface area contributed by atoms with Crippen LogP contribution in [0.1, 0.15) is 10.4 Å². The maximum atomic E-state index is 13.0. The van der Waals surface area contributed by atoms with Crippen LogP contribution in [0.2, 0.25) is 10.0 Å². The van der Waals surface area contributed by atoms with Crippen LogP contribution in [0, 0.1) is 0 Å². The van der Waals surface area contributed by atoms with E-state index < -0.39 is 5.91 Å². The van der Waals surface area contributed by atoms with Crippen molar-refractivity contribution in [3.8, 4) is 17.2 Å². The number of amides is 1. The van der Waals surface area contributed by atoms with E-state index in [1.807, 2.05) is 29.1 Å². The summed E-state index contributed by atoms with van der Waals surface area (Å²) in [6.07, 6.45) is 3.71.